The van der Waals surface area contributed by atoms with Crippen LogP contribution in [0.2, 0.25) is 5.02 Å². The van der Waals surface area contributed by atoms with Crippen molar-refractivity contribution in [3.63, 3.8) is 0 Å². The third-order valence-corrected chi connectivity index (χ3v) is 3.88. The topological polar surface area (TPSA) is 91.8 Å². The lowest BCUT2D eigenvalue weighted by atomic mass is 10.2. The summed E-state index contributed by atoms with van der Waals surface area (Å²) >= 11 is 5.88. The fourth-order valence-electron chi connectivity index (χ4n) is 2.34. The molecule has 0 aliphatic rings. The van der Waals surface area contributed by atoms with Gasteiger partial charge in [0.25, 0.3) is 5.89 Å². The second-order valence-electron chi connectivity index (χ2n) is 5.39. The molecule has 8 nitrogen and oxygen atoms in total. The second kappa shape index (κ2) is 6.93. The predicted octanol–water partition coefficient (Wildman–Crippen LogP) is 3.10. The van der Waals surface area contributed by atoms with Crippen LogP contribution < -0.4 is 4.74 Å². The summed E-state index contributed by atoms with van der Waals surface area (Å²) < 4.78 is 10.5. The SMILES string of the molecule is COc1cccc(-c2nnn(Cc3nc(-c4ccc(Cl)cc4)no3)n2)c1. The molecule has 0 atom stereocenters. The number of benzene rings is 2. The van der Waals surface area contributed by atoms with Crippen molar-refractivity contribution < 1.29 is 9.26 Å². The van der Waals surface area contributed by atoms with Crippen LogP contribution in [0.1, 0.15) is 5.89 Å². The first-order valence-corrected chi connectivity index (χ1v) is 8.10. The molecule has 9 heteroatoms. The standard InChI is InChI=1S/C17H13ClN6O2/c1-25-14-4-2-3-12(9-14)17-20-23-24(21-17)10-15-19-16(22-26-15)11-5-7-13(18)8-6-11/h2-9H,10H2,1H3. The molecule has 2 aromatic carbocycles. The minimum atomic E-state index is 0.220. The lowest BCUT2D eigenvalue weighted by Crippen LogP contribution is -2.04. The highest BCUT2D eigenvalue weighted by Crippen LogP contribution is 2.21. The number of rotatable bonds is 5. The molecule has 2 heterocycles. The third-order valence-electron chi connectivity index (χ3n) is 3.63. The highest BCUT2D eigenvalue weighted by molar-refractivity contribution is 6.30. The van der Waals surface area contributed by atoms with Gasteiger partial charge in [-0.1, -0.05) is 28.9 Å². The minimum absolute atomic E-state index is 0.220. The Labute approximate surface area is 153 Å². The fourth-order valence-corrected chi connectivity index (χ4v) is 2.47. The Balaban J connectivity index is 1.52. The van der Waals surface area contributed by atoms with Crippen LogP contribution in [0.25, 0.3) is 22.8 Å². The van der Waals surface area contributed by atoms with Gasteiger partial charge in [-0.25, -0.2) is 0 Å². The third kappa shape index (κ3) is 3.40. The summed E-state index contributed by atoms with van der Waals surface area (Å²) in [4.78, 5) is 5.74. The number of ether oxygens (including phenoxy) is 1. The van der Waals surface area contributed by atoms with Gasteiger partial charge in [0.1, 0.15) is 12.3 Å². The van der Waals surface area contributed by atoms with Gasteiger partial charge in [0.15, 0.2) is 0 Å². The van der Waals surface area contributed by atoms with Crippen molar-refractivity contribution in [1.29, 1.82) is 0 Å². The van der Waals surface area contributed by atoms with Crippen LogP contribution in [-0.4, -0.2) is 37.5 Å². The Hall–Kier alpha value is -3.26. The van der Waals surface area contributed by atoms with Crippen molar-refractivity contribution in [1.82, 2.24) is 30.3 Å². The van der Waals surface area contributed by atoms with E-state index < -0.39 is 0 Å². The Kier molecular flexibility index (Phi) is 4.32. The summed E-state index contributed by atoms with van der Waals surface area (Å²) in [7, 11) is 1.61. The molecule has 130 valence electrons. The van der Waals surface area contributed by atoms with Gasteiger partial charge >= 0.3 is 0 Å². The number of methoxy groups -OCH3 is 1. The highest BCUT2D eigenvalue weighted by atomic mass is 35.5. The molecule has 0 saturated heterocycles. The number of nitrogens with zero attached hydrogens (tertiary/aromatic N) is 6. The normalized spacial score (nSPS) is 10.8. The minimum Gasteiger partial charge on any atom is -0.497 e. The molecule has 0 unspecified atom stereocenters. The Bertz CT molecular complexity index is 1030. The van der Waals surface area contributed by atoms with Crippen LogP contribution in [0.15, 0.2) is 53.1 Å². The number of hydrogen-bond acceptors (Lipinski definition) is 7. The van der Waals surface area contributed by atoms with Gasteiger partial charge in [-0.2, -0.15) is 9.78 Å². The maximum Gasteiger partial charge on any atom is 0.250 e. The molecule has 26 heavy (non-hydrogen) atoms. The van der Waals surface area contributed by atoms with E-state index in [4.69, 9.17) is 20.9 Å². The van der Waals surface area contributed by atoms with E-state index in [9.17, 15) is 0 Å². The molecule has 4 aromatic rings. The monoisotopic (exact) mass is 368 g/mol. The van der Waals surface area contributed by atoms with E-state index >= 15 is 0 Å². The van der Waals surface area contributed by atoms with Crippen molar-refractivity contribution in [2.24, 2.45) is 0 Å². The predicted molar refractivity (Wildman–Crippen MR) is 93.7 cm³/mol. The molecular formula is C17H13ClN6O2. The molecule has 0 aliphatic heterocycles. The van der Waals surface area contributed by atoms with Crippen LogP contribution in [0.5, 0.6) is 5.75 Å². The van der Waals surface area contributed by atoms with E-state index in [0.29, 0.717) is 22.6 Å². The summed E-state index contributed by atoms with van der Waals surface area (Å²) in [5.41, 5.74) is 1.62. The molecule has 0 fully saturated rings. The zero-order valence-corrected chi connectivity index (χ0v) is 14.5. The lowest BCUT2D eigenvalue weighted by molar-refractivity contribution is 0.356. The summed E-state index contributed by atoms with van der Waals surface area (Å²) in [6.07, 6.45) is 0. The van der Waals surface area contributed by atoms with Gasteiger partial charge in [0.2, 0.25) is 11.6 Å². The van der Waals surface area contributed by atoms with E-state index in [0.717, 1.165) is 16.9 Å². The summed E-state index contributed by atoms with van der Waals surface area (Å²) in [6, 6.07) is 14.6. The molecule has 4 rings (SSSR count). The van der Waals surface area contributed by atoms with E-state index in [2.05, 4.69) is 25.6 Å². The second-order valence-corrected chi connectivity index (χ2v) is 5.83. The van der Waals surface area contributed by atoms with Crippen molar-refractivity contribution in [2.45, 2.75) is 6.54 Å². The molecule has 0 N–H and O–H groups in total. The van der Waals surface area contributed by atoms with Gasteiger partial charge in [0, 0.05) is 16.1 Å². The van der Waals surface area contributed by atoms with Gasteiger partial charge in [-0.05, 0) is 41.6 Å². The Morgan fingerprint density at radius 2 is 1.92 bits per heavy atom. The molecule has 0 amide bonds. The van der Waals surface area contributed by atoms with E-state index in [-0.39, 0.29) is 6.54 Å². The van der Waals surface area contributed by atoms with Crippen LogP contribution >= 0.6 is 11.6 Å². The summed E-state index contributed by atoms with van der Waals surface area (Å²) in [5.74, 6) is 2.07. The van der Waals surface area contributed by atoms with Gasteiger partial charge in [0.05, 0.1) is 7.11 Å². The van der Waals surface area contributed by atoms with Crippen molar-refractivity contribution in [3.8, 4) is 28.5 Å². The molecule has 0 saturated carbocycles. The lowest BCUT2D eigenvalue weighted by Gasteiger charge is -2.00. The van der Waals surface area contributed by atoms with Gasteiger partial charge in [-0.3, -0.25) is 0 Å². The quantitative estimate of drug-likeness (QED) is 0.534. The first kappa shape index (κ1) is 16.2. The number of hydrogen-bond donors (Lipinski definition) is 0. The summed E-state index contributed by atoms with van der Waals surface area (Å²) in [6.45, 7) is 0.220. The first-order valence-electron chi connectivity index (χ1n) is 7.72. The zero-order chi connectivity index (χ0) is 17.9. The average molecular weight is 369 g/mol. The van der Waals surface area contributed by atoms with Crippen molar-refractivity contribution in [3.05, 3.63) is 59.4 Å². The maximum absolute atomic E-state index is 5.88. The Morgan fingerprint density at radius 3 is 2.73 bits per heavy atom. The molecule has 0 radical (unpaired) electrons. The largest absolute Gasteiger partial charge is 0.497 e. The van der Waals surface area contributed by atoms with Gasteiger partial charge in [-0.15, -0.1) is 10.2 Å². The van der Waals surface area contributed by atoms with Crippen LogP contribution in [-0.2, 0) is 6.54 Å². The smallest absolute Gasteiger partial charge is 0.250 e. The highest BCUT2D eigenvalue weighted by Gasteiger charge is 2.12. The van der Waals surface area contributed by atoms with E-state index in [1.165, 1.54) is 4.80 Å². The number of tetrazole rings is 1. The molecular weight excluding hydrogens is 356 g/mol. The fraction of sp³-hybridized carbons (Fsp3) is 0.118. The van der Waals surface area contributed by atoms with Crippen LogP contribution in [0, 0.1) is 0 Å². The Morgan fingerprint density at radius 1 is 1.08 bits per heavy atom. The summed E-state index contributed by atoms with van der Waals surface area (Å²) in [5, 5.41) is 17.0. The van der Waals surface area contributed by atoms with Gasteiger partial charge < -0.3 is 9.26 Å². The van der Waals surface area contributed by atoms with Crippen LogP contribution in [0.3, 0.4) is 0 Å². The van der Waals surface area contributed by atoms with E-state index in [1.807, 2.05) is 36.4 Å². The van der Waals surface area contributed by atoms with Crippen LogP contribution in [0.4, 0.5) is 0 Å². The number of halogens is 1. The number of aromatic nitrogens is 6. The van der Waals surface area contributed by atoms with Crippen molar-refractivity contribution in [2.75, 3.05) is 7.11 Å². The van der Waals surface area contributed by atoms with Crippen molar-refractivity contribution >= 4 is 11.6 Å². The maximum atomic E-state index is 5.88. The average Bonchev–Trinajstić information content (AvgIpc) is 3.33. The first-order chi connectivity index (χ1) is 12.7. The zero-order valence-electron chi connectivity index (χ0n) is 13.7. The molecule has 2 aromatic heterocycles. The molecule has 0 bridgehead atoms. The van der Waals surface area contributed by atoms with E-state index in [1.54, 1.807) is 19.2 Å². The molecule has 0 aliphatic carbocycles. The molecule has 0 spiro atoms.